The van der Waals surface area contributed by atoms with Crippen molar-refractivity contribution in [2.24, 2.45) is 0 Å². The Morgan fingerprint density at radius 2 is 1.71 bits per heavy atom. The number of halogens is 2. The molecule has 0 bridgehead atoms. The van der Waals surface area contributed by atoms with Crippen LogP contribution in [0.5, 0.6) is 0 Å². The normalized spacial score (nSPS) is 17.7. The molecule has 1 aliphatic heterocycles. The highest BCUT2D eigenvalue weighted by Gasteiger charge is 2.19. The van der Waals surface area contributed by atoms with Gasteiger partial charge in [-0.05, 0) is 12.0 Å². The van der Waals surface area contributed by atoms with Crippen LogP contribution in [0.15, 0.2) is 30.3 Å². The third-order valence-electron chi connectivity index (χ3n) is 3.16. The number of benzene rings is 1. The average molecular weight is 277 g/mol. The fraction of sp³-hybridized carbons (Fsp3) is 0.538. The predicted octanol–water partition coefficient (Wildman–Crippen LogP) is 2.89. The monoisotopic (exact) mass is 276 g/mol. The number of piperazine rings is 1. The summed E-state index contributed by atoms with van der Waals surface area (Å²) in [5.41, 5.74) is 1.46. The summed E-state index contributed by atoms with van der Waals surface area (Å²) in [6, 6.07) is 11.5. The lowest BCUT2D eigenvalue weighted by Gasteiger charge is -2.34. The molecule has 1 saturated heterocycles. The molecule has 0 saturated carbocycles. The second kappa shape index (κ2) is 8.76. The van der Waals surface area contributed by atoms with Crippen LogP contribution in [0.3, 0.4) is 0 Å². The van der Waals surface area contributed by atoms with Gasteiger partial charge in [0.15, 0.2) is 0 Å². The number of nitrogens with zero attached hydrogens (tertiary/aromatic N) is 1. The summed E-state index contributed by atoms with van der Waals surface area (Å²) in [6.45, 7) is 6.88. The van der Waals surface area contributed by atoms with Crippen LogP contribution in [0, 0.1) is 0 Å². The molecule has 1 aliphatic rings. The predicted molar refractivity (Wildman–Crippen MR) is 78.4 cm³/mol. The van der Waals surface area contributed by atoms with Gasteiger partial charge in [0, 0.05) is 32.2 Å². The minimum atomic E-state index is 0. The van der Waals surface area contributed by atoms with Crippen molar-refractivity contribution in [1.29, 1.82) is 0 Å². The fourth-order valence-electron chi connectivity index (χ4n) is 2.37. The summed E-state index contributed by atoms with van der Waals surface area (Å²) in [4.78, 5) is 2.59. The van der Waals surface area contributed by atoms with Crippen LogP contribution in [0.2, 0.25) is 0 Å². The van der Waals surface area contributed by atoms with Crippen LogP contribution in [-0.2, 0) is 0 Å². The molecule has 98 valence electrons. The van der Waals surface area contributed by atoms with Gasteiger partial charge in [-0.25, -0.2) is 0 Å². The molecule has 2 nitrogen and oxygen atoms in total. The molecule has 0 aliphatic carbocycles. The molecule has 1 aromatic rings. The summed E-state index contributed by atoms with van der Waals surface area (Å²) in [5, 5.41) is 3.40. The third-order valence-corrected chi connectivity index (χ3v) is 3.16. The van der Waals surface area contributed by atoms with E-state index < -0.39 is 0 Å². The van der Waals surface area contributed by atoms with E-state index in [1.807, 2.05) is 0 Å². The SMILES string of the molecule is CC[C@@H](c1ccccc1)N1CCNCC1.Cl.Cl. The quantitative estimate of drug-likeness (QED) is 0.914. The Hall–Kier alpha value is -0.280. The molecular formula is C13H22Cl2N2. The zero-order valence-electron chi connectivity index (χ0n) is 10.3. The molecule has 1 N–H and O–H groups in total. The maximum absolute atomic E-state index is 3.40. The fourth-order valence-corrected chi connectivity index (χ4v) is 2.37. The van der Waals surface area contributed by atoms with E-state index in [0.717, 1.165) is 13.1 Å². The molecule has 4 heteroatoms. The Bertz CT molecular complexity index is 287. The molecule has 1 heterocycles. The van der Waals surface area contributed by atoms with Crippen molar-refractivity contribution in [3.05, 3.63) is 35.9 Å². The molecule has 1 fully saturated rings. The first kappa shape index (κ1) is 16.7. The molecule has 1 aromatic carbocycles. The van der Waals surface area contributed by atoms with Gasteiger partial charge < -0.3 is 5.32 Å². The maximum Gasteiger partial charge on any atom is 0.0346 e. The smallest absolute Gasteiger partial charge is 0.0346 e. The highest BCUT2D eigenvalue weighted by molar-refractivity contribution is 5.85. The lowest BCUT2D eigenvalue weighted by Crippen LogP contribution is -2.45. The largest absolute Gasteiger partial charge is 0.314 e. The van der Waals surface area contributed by atoms with Crippen molar-refractivity contribution in [2.45, 2.75) is 19.4 Å². The minimum absolute atomic E-state index is 0. The lowest BCUT2D eigenvalue weighted by atomic mass is 10.0. The number of hydrogen-bond acceptors (Lipinski definition) is 2. The van der Waals surface area contributed by atoms with E-state index in [9.17, 15) is 0 Å². The second-order valence-electron chi connectivity index (χ2n) is 4.12. The van der Waals surface area contributed by atoms with Crippen molar-refractivity contribution in [3.63, 3.8) is 0 Å². The van der Waals surface area contributed by atoms with Crippen molar-refractivity contribution in [3.8, 4) is 0 Å². The van der Waals surface area contributed by atoms with Crippen LogP contribution < -0.4 is 5.32 Å². The van der Waals surface area contributed by atoms with Gasteiger partial charge in [0.25, 0.3) is 0 Å². The van der Waals surface area contributed by atoms with E-state index >= 15 is 0 Å². The van der Waals surface area contributed by atoms with Crippen LogP contribution in [-0.4, -0.2) is 31.1 Å². The molecule has 0 aromatic heterocycles. The molecule has 1 atom stereocenters. The van der Waals surface area contributed by atoms with E-state index in [0.29, 0.717) is 6.04 Å². The minimum Gasteiger partial charge on any atom is -0.314 e. The van der Waals surface area contributed by atoms with Crippen molar-refractivity contribution >= 4 is 24.8 Å². The highest BCUT2D eigenvalue weighted by atomic mass is 35.5. The first-order valence-electron chi connectivity index (χ1n) is 5.91. The van der Waals surface area contributed by atoms with Crippen molar-refractivity contribution in [1.82, 2.24) is 10.2 Å². The van der Waals surface area contributed by atoms with Gasteiger partial charge in [-0.3, -0.25) is 4.90 Å². The van der Waals surface area contributed by atoms with E-state index in [2.05, 4.69) is 47.5 Å². The van der Waals surface area contributed by atoms with Gasteiger partial charge in [0.1, 0.15) is 0 Å². The van der Waals surface area contributed by atoms with E-state index in [1.165, 1.54) is 25.1 Å². The first-order chi connectivity index (χ1) is 7.42. The van der Waals surface area contributed by atoms with Gasteiger partial charge >= 0.3 is 0 Å². The zero-order chi connectivity index (χ0) is 10.5. The Balaban J connectivity index is 0.00000128. The Kier molecular flexibility index (Phi) is 8.61. The zero-order valence-corrected chi connectivity index (χ0v) is 11.9. The third kappa shape index (κ3) is 4.47. The first-order valence-corrected chi connectivity index (χ1v) is 5.91. The van der Waals surface area contributed by atoms with Crippen LogP contribution in [0.25, 0.3) is 0 Å². The molecule has 0 spiro atoms. The Labute approximate surface area is 117 Å². The Morgan fingerprint density at radius 1 is 1.12 bits per heavy atom. The summed E-state index contributed by atoms with van der Waals surface area (Å²) >= 11 is 0. The van der Waals surface area contributed by atoms with Gasteiger partial charge in [-0.15, -0.1) is 24.8 Å². The van der Waals surface area contributed by atoms with Gasteiger partial charge in [0.2, 0.25) is 0 Å². The molecular weight excluding hydrogens is 255 g/mol. The summed E-state index contributed by atoms with van der Waals surface area (Å²) < 4.78 is 0. The molecule has 17 heavy (non-hydrogen) atoms. The number of hydrogen-bond donors (Lipinski definition) is 1. The molecule has 0 radical (unpaired) electrons. The van der Waals surface area contributed by atoms with E-state index in [1.54, 1.807) is 0 Å². The highest BCUT2D eigenvalue weighted by Crippen LogP contribution is 2.23. The van der Waals surface area contributed by atoms with Crippen molar-refractivity contribution < 1.29 is 0 Å². The maximum atomic E-state index is 3.40. The van der Waals surface area contributed by atoms with Crippen LogP contribution in [0.1, 0.15) is 24.9 Å². The summed E-state index contributed by atoms with van der Waals surface area (Å²) in [6.07, 6.45) is 1.20. The standard InChI is InChI=1S/C13H20N2.2ClH/c1-2-13(12-6-4-3-5-7-12)15-10-8-14-9-11-15;;/h3-7,13-14H,2,8-11H2,1H3;2*1H/t13-;;/m0../s1. The van der Waals surface area contributed by atoms with Crippen LogP contribution >= 0.6 is 24.8 Å². The summed E-state index contributed by atoms with van der Waals surface area (Å²) in [7, 11) is 0. The van der Waals surface area contributed by atoms with Crippen LogP contribution in [0.4, 0.5) is 0 Å². The molecule has 2 rings (SSSR count). The molecule has 0 amide bonds. The summed E-state index contributed by atoms with van der Waals surface area (Å²) in [5.74, 6) is 0. The van der Waals surface area contributed by atoms with E-state index in [-0.39, 0.29) is 24.8 Å². The van der Waals surface area contributed by atoms with E-state index in [4.69, 9.17) is 0 Å². The molecule has 0 unspecified atom stereocenters. The van der Waals surface area contributed by atoms with Crippen molar-refractivity contribution in [2.75, 3.05) is 26.2 Å². The van der Waals surface area contributed by atoms with Gasteiger partial charge in [0.05, 0.1) is 0 Å². The van der Waals surface area contributed by atoms with Gasteiger partial charge in [-0.2, -0.15) is 0 Å². The average Bonchev–Trinajstić information content (AvgIpc) is 2.33. The Morgan fingerprint density at radius 3 is 2.24 bits per heavy atom. The number of nitrogens with one attached hydrogen (secondary N) is 1. The number of rotatable bonds is 3. The lowest BCUT2D eigenvalue weighted by molar-refractivity contribution is 0.169. The van der Waals surface area contributed by atoms with Gasteiger partial charge in [-0.1, -0.05) is 37.3 Å². The topological polar surface area (TPSA) is 15.3 Å². The second-order valence-corrected chi connectivity index (χ2v) is 4.12.